The molecule has 0 aliphatic heterocycles. The summed E-state index contributed by atoms with van der Waals surface area (Å²) >= 11 is 0. The van der Waals surface area contributed by atoms with Crippen molar-refractivity contribution < 1.29 is 32.3 Å². The SMILES string of the molecule is Cc1cnc(CN(C)C(=O)CCc2ccco2)[nH]1.O=C(O)C(F)(F)F. The molecule has 0 aliphatic carbocycles. The third-order valence-electron chi connectivity index (χ3n) is 2.98. The second kappa shape index (κ2) is 8.90. The summed E-state index contributed by atoms with van der Waals surface area (Å²) in [5, 5.41) is 7.12. The third kappa shape index (κ3) is 7.55. The summed E-state index contributed by atoms with van der Waals surface area (Å²) in [6.45, 7) is 2.44. The molecule has 0 aromatic carbocycles. The molecular weight excluding hydrogens is 343 g/mol. The molecule has 2 rings (SSSR count). The van der Waals surface area contributed by atoms with E-state index in [1.807, 2.05) is 19.1 Å². The van der Waals surface area contributed by atoms with E-state index in [4.69, 9.17) is 14.3 Å². The van der Waals surface area contributed by atoms with Gasteiger partial charge in [0.15, 0.2) is 0 Å². The van der Waals surface area contributed by atoms with Crippen molar-refractivity contribution in [3.63, 3.8) is 0 Å². The molecule has 10 heteroatoms. The zero-order valence-corrected chi connectivity index (χ0v) is 13.6. The highest BCUT2D eigenvalue weighted by Gasteiger charge is 2.38. The van der Waals surface area contributed by atoms with Crippen molar-refractivity contribution in [2.75, 3.05) is 7.05 Å². The maximum absolute atomic E-state index is 11.9. The molecule has 0 saturated heterocycles. The van der Waals surface area contributed by atoms with Gasteiger partial charge in [0.2, 0.25) is 5.91 Å². The van der Waals surface area contributed by atoms with E-state index in [1.54, 1.807) is 24.4 Å². The first kappa shape index (κ1) is 20.3. The molecule has 7 nitrogen and oxygen atoms in total. The van der Waals surface area contributed by atoms with Crippen molar-refractivity contribution in [2.24, 2.45) is 0 Å². The van der Waals surface area contributed by atoms with E-state index in [-0.39, 0.29) is 5.91 Å². The summed E-state index contributed by atoms with van der Waals surface area (Å²) in [7, 11) is 1.78. The van der Waals surface area contributed by atoms with Gasteiger partial charge in [-0.05, 0) is 19.1 Å². The van der Waals surface area contributed by atoms with Gasteiger partial charge in [-0.1, -0.05) is 0 Å². The lowest BCUT2D eigenvalue weighted by Crippen LogP contribution is -2.26. The molecule has 25 heavy (non-hydrogen) atoms. The highest BCUT2D eigenvalue weighted by atomic mass is 19.4. The molecule has 0 bridgehead atoms. The summed E-state index contributed by atoms with van der Waals surface area (Å²) in [5.41, 5.74) is 1.00. The quantitative estimate of drug-likeness (QED) is 0.853. The van der Waals surface area contributed by atoms with E-state index in [1.165, 1.54) is 0 Å². The van der Waals surface area contributed by atoms with Crippen LogP contribution in [0.25, 0.3) is 0 Å². The Labute approximate surface area is 141 Å². The summed E-state index contributed by atoms with van der Waals surface area (Å²) < 4.78 is 36.9. The monoisotopic (exact) mass is 361 g/mol. The maximum Gasteiger partial charge on any atom is 0.490 e. The Morgan fingerprint density at radius 2 is 2.04 bits per heavy atom. The lowest BCUT2D eigenvalue weighted by atomic mass is 10.2. The topological polar surface area (TPSA) is 99.4 Å². The van der Waals surface area contributed by atoms with Crippen LogP contribution in [0.5, 0.6) is 0 Å². The fraction of sp³-hybridized carbons (Fsp3) is 0.400. The average molecular weight is 361 g/mol. The first-order valence-electron chi connectivity index (χ1n) is 7.16. The molecule has 0 fully saturated rings. The highest BCUT2D eigenvalue weighted by Crippen LogP contribution is 2.13. The van der Waals surface area contributed by atoms with Crippen LogP contribution in [0, 0.1) is 6.92 Å². The number of nitrogens with zero attached hydrogens (tertiary/aromatic N) is 2. The van der Waals surface area contributed by atoms with Gasteiger partial charge in [0, 0.05) is 31.8 Å². The van der Waals surface area contributed by atoms with Gasteiger partial charge in [-0.25, -0.2) is 9.78 Å². The number of hydrogen-bond acceptors (Lipinski definition) is 4. The van der Waals surface area contributed by atoms with Gasteiger partial charge in [-0.15, -0.1) is 0 Å². The minimum absolute atomic E-state index is 0.0838. The van der Waals surface area contributed by atoms with Crippen LogP contribution in [0.1, 0.15) is 23.7 Å². The first-order valence-corrected chi connectivity index (χ1v) is 7.16. The number of furan rings is 1. The molecule has 0 unspecified atom stereocenters. The second-order valence-corrected chi connectivity index (χ2v) is 5.14. The highest BCUT2D eigenvalue weighted by molar-refractivity contribution is 5.76. The zero-order valence-electron chi connectivity index (χ0n) is 13.6. The Hall–Kier alpha value is -2.78. The average Bonchev–Trinajstić information content (AvgIpc) is 3.16. The number of H-pyrrole nitrogens is 1. The van der Waals surface area contributed by atoms with Crippen LogP contribution in [-0.2, 0) is 22.6 Å². The Balaban J connectivity index is 0.000000381. The molecule has 2 aromatic rings. The standard InChI is InChI=1S/C13H17N3O2.C2HF3O2/c1-10-8-14-12(15-10)9-16(2)13(17)6-5-11-4-3-7-18-11;3-2(4,5)1(6)7/h3-4,7-8H,5-6,9H2,1-2H3,(H,14,15);(H,6,7). The Morgan fingerprint density at radius 1 is 1.40 bits per heavy atom. The number of alkyl halides is 3. The third-order valence-corrected chi connectivity index (χ3v) is 2.98. The molecule has 0 atom stereocenters. The van der Waals surface area contributed by atoms with E-state index in [9.17, 15) is 18.0 Å². The van der Waals surface area contributed by atoms with Gasteiger partial charge in [-0.2, -0.15) is 13.2 Å². The fourth-order valence-corrected chi connectivity index (χ4v) is 1.74. The molecule has 2 aromatic heterocycles. The molecule has 0 spiro atoms. The van der Waals surface area contributed by atoms with Crippen molar-refractivity contribution in [3.8, 4) is 0 Å². The van der Waals surface area contributed by atoms with Crippen LogP contribution < -0.4 is 0 Å². The van der Waals surface area contributed by atoms with Gasteiger partial charge in [0.25, 0.3) is 0 Å². The number of aromatic amines is 1. The predicted octanol–water partition coefficient (Wildman–Crippen LogP) is 2.54. The second-order valence-electron chi connectivity index (χ2n) is 5.14. The van der Waals surface area contributed by atoms with Gasteiger partial charge in [0.1, 0.15) is 11.6 Å². The molecule has 0 aliphatic rings. The van der Waals surface area contributed by atoms with Crippen LogP contribution >= 0.6 is 0 Å². The molecular formula is C15H18F3N3O4. The summed E-state index contributed by atoms with van der Waals surface area (Å²) in [5.74, 6) is -1.03. The molecule has 138 valence electrons. The van der Waals surface area contributed by atoms with Crippen molar-refractivity contribution in [1.29, 1.82) is 0 Å². The largest absolute Gasteiger partial charge is 0.490 e. The van der Waals surface area contributed by atoms with E-state index >= 15 is 0 Å². The number of carboxylic acids is 1. The Bertz CT molecular complexity index is 681. The number of carbonyl (C=O) groups is 2. The number of carboxylic acid groups (broad SMARTS) is 1. The lowest BCUT2D eigenvalue weighted by molar-refractivity contribution is -0.192. The number of aryl methyl sites for hydroxylation is 2. The van der Waals surface area contributed by atoms with Crippen LogP contribution in [0.4, 0.5) is 13.2 Å². The van der Waals surface area contributed by atoms with Gasteiger partial charge in [-0.3, -0.25) is 4.79 Å². The van der Waals surface area contributed by atoms with Gasteiger partial charge in [0.05, 0.1) is 12.8 Å². The van der Waals surface area contributed by atoms with Gasteiger partial charge >= 0.3 is 12.1 Å². The predicted molar refractivity (Wildman–Crippen MR) is 80.5 cm³/mol. The van der Waals surface area contributed by atoms with Crippen LogP contribution in [0.3, 0.4) is 0 Å². The van der Waals surface area contributed by atoms with E-state index in [2.05, 4.69) is 9.97 Å². The number of aliphatic carboxylic acids is 1. The lowest BCUT2D eigenvalue weighted by Gasteiger charge is -2.15. The number of hydrogen-bond donors (Lipinski definition) is 2. The zero-order chi connectivity index (χ0) is 19.0. The molecule has 2 N–H and O–H groups in total. The maximum atomic E-state index is 11.9. The molecule has 0 radical (unpaired) electrons. The number of aromatic nitrogens is 2. The van der Waals surface area contributed by atoms with E-state index in [0.717, 1.165) is 17.3 Å². The summed E-state index contributed by atoms with van der Waals surface area (Å²) in [6.07, 6.45) is -0.622. The molecule has 1 amide bonds. The molecule has 2 heterocycles. The van der Waals surface area contributed by atoms with Gasteiger partial charge < -0.3 is 19.4 Å². The minimum Gasteiger partial charge on any atom is -0.475 e. The smallest absolute Gasteiger partial charge is 0.475 e. The van der Waals surface area contributed by atoms with Crippen molar-refractivity contribution in [1.82, 2.24) is 14.9 Å². The fourth-order valence-electron chi connectivity index (χ4n) is 1.74. The number of imidazole rings is 1. The first-order chi connectivity index (χ1) is 11.6. The van der Waals surface area contributed by atoms with E-state index < -0.39 is 12.1 Å². The van der Waals surface area contributed by atoms with Crippen LogP contribution in [0.15, 0.2) is 29.0 Å². The molecule has 0 saturated carbocycles. The number of amides is 1. The minimum atomic E-state index is -5.08. The van der Waals surface area contributed by atoms with Crippen LogP contribution in [-0.4, -0.2) is 45.1 Å². The number of halogens is 3. The Kier molecular flexibility index (Phi) is 7.22. The van der Waals surface area contributed by atoms with Crippen LogP contribution in [0.2, 0.25) is 0 Å². The number of carbonyl (C=O) groups excluding carboxylic acids is 1. The van der Waals surface area contributed by atoms with E-state index in [0.29, 0.717) is 19.4 Å². The summed E-state index contributed by atoms with van der Waals surface area (Å²) in [6, 6.07) is 3.71. The number of rotatable bonds is 5. The van der Waals surface area contributed by atoms with Crippen molar-refractivity contribution >= 4 is 11.9 Å². The normalized spacial score (nSPS) is 10.8. The number of nitrogens with one attached hydrogen (secondary N) is 1. The van der Waals surface area contributed by atoms with Crippen molar-refractivity contribution in [2.45, 2.75) is 32.5 Å². The van der Waals surface area contributed by atoms with Crippen molar-refractivity contribution in [3.05, 3.63) is 41.9 Å². The Morgan fingerprint density at radius 3 is 2.48 bits per heavy atom. The summed E-state index contributed by atoms with van der Waals surface area (Å²) in [4.78, 5) is 29.7.